The van der Waals surface area contributed by atoms with Gasteiger partial charge >= 0.3 is 0 Å². The Morgan fingerprint density at radius 1 is 1.05 bits per heavy atom. The fraction of sp³-hybridized carbons (Fsp3) is 0.632. The molecule has 0 aliphatic heterocycles. The lowest BCUT2D eigenvalue weighted by atomic mass is 9.82. The SMILES string of the molecule is CN(C)C1(C(=O)CCCc2ccccc2)CCCCCC1. The molecule has 0 aromatic heterocycles. The molecular formula is C19H29NO. The molecule has 2 rings (SSSR count). The Balaban J connectivity index is 1.92. The molecule has 2 heteroatoms. The van der Waals surface area contributed by atoms with Crippen LogP contribution in [0.2, 0.25) is 0 Å². The summed E-state index contributed by atoms with van der Waals surface area (Å²) < 4.78 is 0. The summed E-state index contributed by atoms with van der Waals surface area (Å²) in [6, 6.07) is 10.5. The Kier molecular flexibility index (Phi) is 5.98. The Bertz CT molecular complexity index is 430. The van der Waals surface area contributed by atoms with Crippen LogP contribution < -0.4 is 0 Å². The molecule has 0 heterocycles. The Hall–Kier alpha value is -1.15. The molecule has 0 saturated heterocycles. The number of benzene rings is 1. The number of likely N-dealkylation sites (N-methyl/N-ethyl adjacent to an activating group) is 1. The zero-order chi connectivity index (χ0) is 15.1. The number of ketones is 1. The summed E-state index contributed by atoms with van der Waals surface area (Å²) in [6.07, 6.45) is 9.75. The standard InChI is InChI=1S/C19H29NO/c1-20(2)19(15-8-3-4-9-16-19)18(21)14-10-13-17-11-6-5-7-12-17/h5-7,11-12H,3-4,8-10,13-16H2,1-2H3. The molecule has 1 aliphatic carbocycles. The lowest BCUT2D eigenvalue weighted by Gasteiger charge is -2.38. The van der Waals surface area contributed by atoms with Crippen molar-refractivity contribution in [3.05, 3.63) is 35.9 Å². The van der Waals surface area contributed by atoms with Crippen LogP contribution in [0.1, 0.15) is 56.9 Å². The van der Waals surface area contributed by atoms with E-state index in [9.17, 15) is 4.79 Å². The van der Waals surface area contributed by atoms with Gasteiger partial charge < -0.3 is 0 Å². The number of hydrogen-bond acceptors (Lipinski definition) is 2. The highest BCUT2D eigenvalue weighted by molar-refractivity contribution is 5.88. The average Bonchev–Trinajstić information content (AvgIpc) is 2.75. The van der Waals surface area contributed by atoms with Gasteiger partial charge in [0.05, 0.1) is 5.54 Å². The van der Waals surface area contributed by atoms with Gasteiger partial charge in [-0.25, -0.2) is 0 Å². The van der Waals surface area contributed by atoms with Gasteiger partial charge in [-0.3, -0.25) is 9.69 Å². The van der Waals surface area contributed by atoms with Gasteiger partial charge in [0, 0.05) is 6.42 Å². The summed E-state index contributed by atoms with van der Waals surface area (Å²) in [5.74, 6) is 0.463. The van der Waals surface area contributed by atoms with Crippen molar-refractivity contribution in [1.82, 2.24) is 4.90 Å². The number of carbonyl (C=O) groups is 1. The molecule has 0 spiro atoms. The quantitative estimate of drug-likeness (QED) is 0.730. The zero-order valence-electron chi connectivity index (χ0n) is 13.6. The topological polar surface area (TPSA) is 20.3 Å². The van der Waals surface area contributed by atoms with Gasteiger partial charge in [-0.15, -0.1) is 0 Å². The van der Waals surface area contributed by atoms with Crippen molar-refractivity contribution in [2.45, 2.75) is 63.3 Å². The van der Waals surface area contributed by atoms with Crippen molar-refractivity contribution in [3.63, 3.8) is 0 Å². The summed E-state index contributed by atoms with van der Waals surface area (Å²) in [5.41, 5.74) is 1.15. The molecule has 0 amide bonds. The van der Waals surface area contributed by atoms with E-state index in [4.69, 9.17) is 0 Å². The van der Waals surface area contributed by atoms with Crippen LogP contribution in [0.15, 0.2) is 30.3 Å². The largest absolute Gasteiger partial charge is 0.298 e. The maximum Gasteiger partial charge on any atom is 0.153 e. The van der Waals surface area contributed by atoms with Crippen molar-refractivity contribution in [3.8, 4) is 0 Å². The van der Waals surface area contributed by atoms with Crippen LogP contribution in [0, 0.1) is 0 Å². The normalized spacial score (nSPS) is 18.4. The highest BCUT2D eigenvalue weighted by atomic mass is 16.1. The summed E-state index contributed by atoms with van der Waals surface area (Å²) in [5, 5.41) is 0. The summed E-state index contributed by atoms with van der Waals surface area (Å²) in [7, 11) is 4.17. The molecule has 1 saturated carbocycles. The molecule has 1 aliphatic rings. The fourth-order valence-corrected chi connectivity index (χ4v) is 3.62. The second-order valence-electron chi connectivity index (χ2n) is 6.60. The number of rotatable bonds is 6. The number of nitrogens with zero attached hydrogens (tertiary/aromatic N) is 1. The van der Waals surface area contributed by atoms with Crippen LogP contribution in [0.4, 0.5) is 0 Å². The van der Waals surface area contributed by atoms with Gasteiger partial charge in [0.25, 0.3) is 0 Å². The molecule has 0 unspecified atom stereocenters. The van der Waals surface area contributed by atoms with Crippen molar-refractivity contribution in [2.24, 2.45) is 0 Å². The van der Waals surface area contributed by atoms with Gasteiger partial charge in [0.15, 0.2) is 5.78 Å². The first-order valence-corrected chi connectivity index (χ1v) is 8.40. The maximum atomic E-state index is 12.9. The van der Waals surface area contributed by atoms with E-state index in [1.807, 2.05) is 6.07 Å². The molecule has 2 nitrogen and oxygen atoms in total. The molecule has 1 aromatic carbocycles. The van der Waals surface area contributed by atoms with E-state index in [0.29, 0.717) is 12.2 Å². The molecule has 1 aromatic rings. The number of hydrogen-bond donors (Lipinski definition) is 0. The van der Waals surface area contributed by atoms with E-state index in [2.05, 4.69) is 43.3 Å². The number of Topliss-reactive ketones (excluding diaryl/α,β-unsaturated/α-hetero) is 1. The average molecular weight is 287 g/mol. The van der Waals surface area contributed by atoms with E-state index < -0.39 is 0 Å². The van der Waals surface area contributed by atoms with Crippen LogP contribution in [0.5, 0.6) is 0 Å². The van der Waals surface area contributed by atoms with Crippen LogP contribution in [0.3, 0.4) is 0 Å². The molecule has 0 N–H and O–H groups in total. The molecule has 1 fully saturated rings. The molecule has 116 valence electrons. The highest BCUT2D eigenvalue weighted by Crippen LogP contribution is 2.33. The Morgan fingerprint density at radius 3 is 2.24 bits per heavy atom. The second kappa shape index (κ2) is 7.74. The lowest BCUT2D eigenvalue weighted by Crippen LogP contribution is -2.50. The van der Waals surface area contributed by atoms with Crippen LogP contribution in [0.25, 0.3) is 0 Å². The third kappa shape index (κ3) is 4.16. The zero-order valence-corrected chi connectivity index (χ0v) is 13.6. The molecular weight excluding hydrogens is 258 g/mol. The molecule has 0 radical (unpaired) electrons. The van der Waals surface area contributed by atoms with Crippen molar-refractivity contribution in [2.75, 3.05) is 14.1 Å². The van der Waals surface area contributed by atoms with Gasteiger partial charge in [-0.1, -0.05) is 56.0 Å². The van der Waals surface area contributed by atoms with Gasteiger partial charge in [-0.05, 0) is 45.3 Å². The first-order valence-electron chi connectivity index (χ1n) is 8.40. The van der Waals surface area contributed by atoms with E-state index in [1.165, 1.54) is 31.2 Å². The minimum Gasteiger partial charge on any atom is -0.298 e. The Labute approximate surface area is 129 Å². The maximum absolute atomic E-state index is 12.9. The van der Waals surface area contributed by atoms with Crippen molar-refractivity contribution >= 4 is 5.78 Å². The Morgan fingerprint density at radius 2 is 1.67 bits per heavy atom. The summed E-state index contributed by atoms with van der Waals surface area (Å²) in [4.78, 5) is 15.1. The van der Waals surface area contributed by atoms with Gasteiger partial charge in [-0.2, -0.15) is 0 Å². The number of aryl methyl sites for hydroxylation is 1. The summed E-state index contributed by atoms with van der Waals surface area (Å²) in [6.45, 7) is 0. The van der Waals surface area contributed by atoms with E-state index in [1.54, 1.807) is 0 Å². The third-order valence-electron chi connectivity index (χ3n) is 5.02. The predicted octanol–water partition coefficient (Wildman–Crippen LogP) is 4.23. The fourth-order valence-electron chi connectivity index (χ4n) is 3.62. The van der Waals surface area contributed by atoms with Gasteiger partial charge in [0.2, 0.25) is 0 Å². The minimum atomic E-state index is -0.187. The van der Waals surface area contributed by atoms with Crippen LogP contribution in [-0.2, 0) is 11.2 Å². The van der Waals surface area contributed by atoms with Gasteiger partial charge in [0.1, 0.15) is 0 Å². The smallest absolute Gasteiger partial charge is 0.153 e. The predicted molar refractivity (Wildman–Crippen MR) is 88.5 cm³/mol. The highest BCUT2D eigenvalue weighted by Gasteiger charge is 2.39. The molecule has 0 atom stereocenters. The van der Waals surface area contributed by atoms with E-state index in [-0.39, 0.29) is 5.54 Å². The monoisotopic (exact) mass is 287 g/mol. The minimum absolute atomic E-state index is 0.187. The third-order valence-corrected chi connectivity index (χ3v) is 5.02. The van der Waals surface area contributed by atoms with Crippen LogP contribution in [-0.4, -0.2) is 30.3 Å². The van der Waals surface area contributed by atoms with Crippen LogP contribution >= 0.6 is 0 Å². The van der Waals surface area contributed by atoms with E-state index in [0.717, 1.165) is 25.7 Å². The first-order chi connectivity index (χ1) is 10.1. The molecule has 0 bridgehead atoms. The second-order valence-corrected chi connectivity index (χ2v) is 6.60. The van der Waals surface area contributed by atoms with Crippen molar-refractivity contribution in [1.29, 1.82) is 0 Å². The lowest BCUT2D eigenvalue weighted by molar-refractivity contribution is -0.130. The number of carbonyl (C=O) groups excluding carboxylic acids is 1. The molecule has 21 heavy (non-hydrogen) atoms. The van der Waals surface area contributed by atoms with E-state index >= 15 is 0 Å². The summed E-state index contributed by atoms with van der Waals surface area (Å²) >= 11 is 0. The first kappa shape index (κ1) is 16.2. The van der Waals surface area contributed by atoms with Crippen molar-refractivity contribution < 1.29 is 4.79 Å².